The number of aromatic nitrogens is 1. The second-order valence-electron chi connectivity index (χ2n) is 10.00. The smallest absolute Gasteiger partial charge is 0.352 e. The Balaban J connectivity index is 1.53. The van der Waals surface area contributed by atoms with Gasteiger partial charge in [0.15, 0.2) is 0 Å². The van der Waals surface area contributed by atoms with E-state index in [4.69, 9.17) is 0 Å². The van der Waals surface area contributed by atoms with Crippen LogP contribution in [0.5, 0.6) is 0 Å². The van der Waals surface area contributed by atoms with E-state index in [2.05, 4.69) is 33.2 Å². The van der Waals surface area contributed by atoms with Crippen molar-refractivity contribution in [3.8, 4) is 28.2 Å². The minimum absolute atomic E-state index is 0.0278. The molecule has 0 radical (unpaired) electrons. The fourth-order valence-electron chi connectivity index (χ4n) is 5.10. The van der Waals surface area contributed by atoms with Gasteiger partial charge in [0.05, 0.1) is 22.6 Å². The molecule has 2 heterocycles. The van der Waals surface area contributed by atoms with Gasteiger partial charge in [-0.05, 0) is 98.6 Å². The summed E-state index contributed by atoms with van der Waals surface area (Å²) in [6, 6.07) is 23.7. The van der Waals surface area contributed by atoms with Crippen LogP contribution in [-0.2, 0) is 6.18 Å². The molecule has 0 unspecified atom stereocenters. The zero-order chi connectivity index (χ0) is 27.6. The zero-order valence-electron chi connectivity index (χ0n) is 21.5. The summed E-state index contributed by atoms with van der Waals surface area (Å²) in [6.07, 6.45) is -2.45. The Bertz CT molecular complexity index is 1450. The monoisotopic (exact) mass is 595 g/mol. The van der Waals surface area contributed by atoms with Gasteiger partial charge in [-0.15, -0.1) is 0 Å². The average molecular weight is 596 g/mol. The Morgan fingerprint density at radius 3 is 2.26 bits per heavy atom. The average Bonchev–Trinajstić information content (AvgIpc) is 3.38. The number of amides is 1. The number of hydrogen-bond donors (Lipinski definition) is 1. The van der Waals surface area contributed by atoms with Gasteiger partial charge in [0.25, 0.3) is 5.91 Å². The van der Waals surface area contributed by atoms with Crippen LogP contribution in [0.3, 0.4) is 0 Å². The summed E-state index contributed by atoms with van der Waals surface area (Å²) in [5, 5.41) is 3.06. The number of benzene rings is 3. The Labute approximate surface area is 234 Å². The molecule has 0 aliphatic carbocycles. The first-order valence-electron chi connectivity index (χ1n) is 12.9. The molecule has 1 N–H and O–H groups in total. The highest BCUT2D eigenvalue weighted by atomic mass is 79.9. The molecule has 3 aromatic carbocycles. The first kappa shape index (κ1) is 27.2. The highest BCUT2D eigenvalue weighted by Crippen LogP contribution is 2.39. The van der Waals surface area contributed by atoms with Gasteiger partial charge in [0.1, 0.15) is 0 Å². The molecular weight excluding hydrogens is 567 g/mol. The van der Waals surface area contributed by atoms with Gasteiger partial charge in [0, 0.05) is 16.6 Å². The summed E-state index contributed by atoms with van der Waals surface area (Å²) in [5.41, 5.74) is 2.38. The van der Waals surface area contributed by atoms with Crippen molar-refractivity contribution in [2.75, 3.05) is 26.7 Å². The highest BCUT2D eigenvalue weighted by Gasteiger charge is 2.34. The molecular formula is C31H29BrF3N3O. The molecule has 1 aromatic heterocycles. The van der Waals surface area contributed by atoms with Crippen molar-refractivity contribution >= 4 is 21.8 Å². The van der Waals surface area contributed by atoms with Crippen LogP contribution in [0.1, 0.15) is 28.8 Å². The van der Waals surface area contributed by atoms with E-state index >= 15 is 0 Å². The Kier molecular flexibility index (Phi) is 7.96. The SMILES string of the molecule is CN1CCC(CNC(=O)c2cccc(-c3ccc(-c4ccc(Br)cc4)n3-c3ccccc3C(F)(F)F)c2)CC1. The van der Waals surface area contributed by atoms with Crippen LogP contribution in [-0.4, -0.2) is 42.1 Å². The first-order valence-corrected chi connectivity index (χ1v) is 13.7. The van der Waals surface area contributed by atoms with Crippen molar-refractivity contribution in [3.05, 3.63) is 101 Å². The number of carbonyl (C=O) groups is 1. The van der Waals surface area contributed by atoms with Gasteiger partial charge < -0.3 is 14.8 Å². The van der Waals surface area contributed by atoms with Crippen LogP contribution in [0.2, 0.25) is 0 Å². The number of piperidine rings is 1. The quantitative estimate of drug-likeness (QED) is 0.248. The van der Waals surface area contributed by atoms with Crippen LogP contribution in [0.15, 0.2) is 89.4 Å². The molecule has 1 fully saturated rings. The lowest BCUT2D eigenvalue weighted by Crippen LogP contribution is -2.36. The molecule has 1 saturated heterocycles. The lowest BCUT2D eigenvalue weighted by atomic mass is 9.97. The number of halogens is 4. The van der Waals surface area contributed by atoms with E-state index in [-0.39, 0.29) is 11.6 Å². The summed E-state index contributed by atoms with van der Waals surface area (Å²) in [5.74, 6) is 0.260. The van der Waals surface area contributed by atoms with E-state index < -0.39 is 11.7 Å². The number of nitrogens with one attached hydrogen (secondary N) is 1. The zero-order valence-corrected chi connectivity index (χ0v) is 23.1. The third-order valence-electron chi connectivity index (χ3n) is 7.28. The van der Waals surface area contributed by atoms with E-state index in [1.807, 2.05) is 36.4 Å². The molecule has 1 amide bonds. The molecule has 0 bridgehead atoms. The summed E-state index contributed by atoms with van der Waals surface area (Å²) in [7, 11) is 2.10. The van der Waals surface area contributed by atoms with Crippen molar-refractivity contribution in [2.45, 2.75) is 19.0 Å². The first-order chi connectivity index (χ1) is 18.7. The van der Waals surface area contributed by atoms with Crippen LogP contribution in [0.25, 0.3) is 28.2 Å². The van der Waals surface area contributed by atoms with E-state index in [0.29, 0.717) is 35.0 Å². The molecule has 1 aliphatic heterocycles. The van der Waals surface area contributed by atoms with E-state index in [1.165, 1.54) is 12.1 Å². The second-order valence-corrected chi connectivity index (χ2v) is 10.9. The molecule has 39 heavy (non-hydrogen) atoms. The molecule has 202 valence electrons. The Morgan fingerprint density at radius 2 is 1.56 bits per heavy atom. The highest BCUT2D eigenvalue weighted by molar-refractivity contribution is 9.10. The normalized spacial score (nSPS) is 14.9. The molecule has 0 spiro atoms. The van der Waals surface area contributed by atoms with Gasteiger partial charge in [-0.3, -0.25) is 4.79 Å². The molecule has 8 heteroatoms. The summed E-state index contributed by atoms with van der Waals surface area (Å²) < 4.78 is 44.8. The summed E-state index contributed by atoms with van der Waals surface area (Å²) in [6.45, 7) is 2.65. The number of hydrogen-bond acceptors (Lipinski definition) is 2. The topological polar surface area (TPSA) is 37.3 Å². The summed E-state index contributed by atoms with van der Waals surface area (Å²) in [4.78, 5) is 15.3. The minimum Gasteiger partial charge on any atom is -0.352 e. The molecule has 0 saturated carbocycles. The number of rotatable bonds is 6. The van der Waals surface area contributed by atoms with Crippen LogP contribution in [0, 0.1) is 5.92 Å². The van der Waals surface area contributed by atoms with E-state index in [0.717, 1.165) is 42.0 Å². The summed E-state index contributed by atoms with van der Waals surface area (Å²) >= 11 is 3.43. The fraction of sp³-hybridized carbons (Fsp3) is 0.258. The van der Waals surface area contributed by atoms with Gasteiger partial charge in [-0.1, -0.05) is 52.3 Å². The predicted octanol–water partition coefficient (Wildman–Crippen LogP) is 7.66. The standard InChI is InChI=1S/C31H29BrF3N3O/c1-37-17-15-21(16-18-37)20-36-30(39)24-6-4-5-23(19-24)28-14-13-27(22-9-11-25(32)12-10-22)38(28)29-8-3-2-7-26(29)31(33,34)35/h2-14,19,21H,15-18,20H2,1H3,(H,36,39). The number of para-hydroxylation sites is 1. The number of carbonyl (C=O) groups excluding carboxylic acids is 1. The number of alkyl halides is 3. The van der Waals surface area contributed by atoms with Gasteiger partial charge in [-0.25, -0.2) is 0 Å². The number of nitrogens with zero attached hydrogens (tertiary/aromatic N) is 2. The minimum atomic E-state index is -4.54. The molecule has 4 aromatic rings. The molecule has 1 aliphatic rings. The molecule has 5 rings (SSSR count). The van der Waals surface area contributed by atoms with E-state index in [1.54, 1.807) is 34.9 Å². The lowest BCUT2D eigenvalue weighted by Gasteiger charge is -2.28. The largest absolute Gasteiger partial charge is 0.418 e. The maximum atomic E-state index is 14.1. The van der Waals surface area contributed by atoms with Gasteiger partial charge >= 0.3 is 6.18 Å². The van der Waals surface area contributed by atoms with Crippen molar-refractivity contribution in [1.82, 2.24) is 14.8 Å². The van der Waals surface area contributed by atoms with E-state index in [9.17, 15) is 18.0 Å². The Hall–Kier alpha value is -3.36. The van der Waals surface area contributed by atoms with Crippen molar-refractivity contribution in [3.63, 3.8) is 0 Å². The van der Waals surface area contributed by atoms with Crippen molar-refractivity contribution < 1.29 is 18.0 Å². The Morgan fingerprint density at radius 1 is 0.897 bits per heavy atom. The molecule has 4 nitrogen and oxygen atoms in total. The molecule has 0 atom stereocenters. The second kappa shape index (κ2) is 11.4. The van der Waals surface area contributed by atoms with Gasteiger partial charge in [-0.2, -0.15) is 13.2 Å². The van der Waals surface area contributed by atoms with Crippen LogP contribution < -0.4 is 5.32 Å². The van der Waals surface area contributed by atoms with Crippen LogP contribution in [0.4, 0.5) is 13.2 Å². The lowest BCUT2D eigenvalue weighted by molar-refractivity contribution is -0.137. The fourth-order valence-corrected chi connectivity index (χ4v) is 5.37. The predicted molar refractivity (Wildman–Crippen MR) is 152 cm³/mol. The van der Waals surface area contributed by atoms with Crippen LogP contribution >= 0.6 is 15.9 Å². The maximum absolute atomic E-state index is 14.1. The van der Waals surface area contributed by atoms with Gasteiger partial charge in [0.2, 0.25) is 0 Å². The number of likely N-dealkylation sites (tertiary alicyclic amines) is 1. The third-order valence-corrected chi connectivity index (χ3v) is 7.81. The third kappa shape index (κ3) is 6.12. The van der Waals surface area contributed by atoms with Crippen molar-refractivity contribution in [2.24, 2.45) is 5.92 Å². The maximum Gasteiger partial charge on any atom is 0.418 e. The van der Waals surface area contributed by atoms with Crippen molar-refractivity contribution in [1.29, 1.82) is 0 Å².